The van der Waals surface area contributed by atoms with Crippen molar-refractivity contribution in [3.63, 3.8) is 0 Å². The predicted octanol–water partition coefficient (Wildman–Crippen LogP) is 2.39. The summed E-state index contributed by atoms with van der Waals surface area (Å²) in [7, 11) is 0. The van der Waals surface area contributed by atoms with Gasteiger partial charge in [0.05, 0.1) is 6.61 Å². The molecule has 0 saturated heterocycles. The van der Waals surface area contributed by atoms with Gasteiger partial charge in [-0.05, 0) is 24.1 Å². The molecule has 0 amide bonds. The van der Waals surface area contributed by atoms with Gasteiger partial charge in [-0.2, -0.15) is 0 Å². The van der Waals surface area contributed by atoms with E-state index in [1.54, 1.807) is 13.0 Å². The minimum absolute atomic E-state index is 0.0678. The molecule has 0 spiro atoms. The number of hydrogen-bond donors (Lipinski definition) is 1. The second kappa shape index (κ2) is 3.32. The van der Waals surface area contributed by atoms with Crippen molar-refractivity contribution in [2.75, 3.05) is 0 Å². The van der Waals surface area contributed by atoms with Gasteiger partial charge in [-0.15, -0.1) is 0 Å². The summed E-state index contributed by atoms with van der Waals surface area (Å²) in [6, 6.07) is 2.91. The maximum atomic E-state index is 12.8. The molecule has 1 rings (SSSR count). The van der Waals surface area contributed by atoms with Crippen LogP contribution in [0.2, 0.25) is 0 Å². The molecular formula is C8H8BrFO. The number of aliphatic hydroxyl groups is 1. The Morgan fingerprint density at radius 1 is 1.55 bits per heavy atom. The van der Waals surface area contributed by atoms with Crippen LogP contribution in [-0.4, -0.2) is 5.11 Å². The van der Waals surface area contributed by atoms with Crippen LogP contribution in [0.4, 0.5) is 4.39 Å². The van der Waals surface area contributed by atoms with E-state index in [1.807, 2.05) is 0 Å². The molecule has 60 valence electrons. The van der Waals surface area contributed by atoms with Crippen LogP contribution >= 0.6 is 15.9 Å². The summed E-state index contributed by atoms with van der Waals surface area (Å²) in [4.78, 5) is 0. The number of hydrogen-bond acceptors (Lipinski definition) is 1. The van der Waals surface area contributed by atoms with Gasteiger partial charge in [-0.1, -0.05) is 22.0 Å². The van der Waals surface area contributed by atoms with Gasteiger partial charge in [0.2, 0.25) is 0 Å². The molecule has 0 radical (unpaired) electrons. The molecule has 0 fully saturated rings. The molecule has 0 unspecified atom stereocenters. The quantitative estimate of drug-likeness (QED) is 0.768. The van der Waals surface area contributed by atoms with Gasteiger partial charge in [-0.25, -0.2) is 4.39 Å². The molecule has 0 aliphatic rings. The third kappa shape index (κ3) is 1.60. The first-order valence-electron chi connectivity index (χ1n) is 3.21. The van der Waals surface area contributed by atoms with Crippen LogP contribution < -0.4 is 0 Å². The van der Waals surface area contributed by atoms with Crippen LogP contribution in [0.15, 0.2) is 16.6 Å². The van der Waals surface area contributed by atoms with Crippen LogP contribution in [0, 0.1) is 12.7 Å². The van der Waals surface area contributed by atoms with Crippen molar-refractivity contribution in [3.05, 3.63) is 33.5 Å². The number of aliphatic hydroxyl groups excluding tert-OH is 1. The van der Waals surface area contributed by atoms with E-state index in [2.05, 4.69) is 15.9 Å². The van der Waals surface area contributed by atoms with E-state index in [0.717, 1.165) is 0 Å². The van der Waals surface area contributed by atoms with Gasteiger partial charge >= 0.3 is 0 Å². The number of halogens is 2. The minimum atomic E-state index is -0.255. The van der Waals surface area contributed by atoms with Gasteiger partial charge in [0.25, 0.3) is 0 Å². The maximum absolute atomic E-state index is 12.8. The fraction of sp³-hybridized carbons (Fsp3) is 0.250. The predicted molar refractivity (Wildman–Crippen MR) is 44.8 cm³/mol. The summed E-state index contributed by atoms with van der Waals surface area (Å²) in [5.74, 6) is -0.255. The smallest absolute Gasteiger partial charge is 0.127 e. The molecule has 11 heavy (non-hydrogen) atoms. The minimum Gasteiger partial charge on any atom is -0.392 e. The van der Waals surface area contributed by atoms with Crippen molar-refractivity contribution in [1.82, 2.24) is 0 Å². The van der Waals surface area contributed by atoms with E-state index < -0.39 is 0 Å². The zero-order valence-corrected chi connectivity index (χ0v) is 7.65. The Morgan fingerprint density at radius 2 is 2.18 bits per heavy atom. The fourth-order valence-electron chi connectivity index (χ4n) is 0.840. The Bertz CT molecular complexity index is 273. The standard InChI is InChI=1S/C8H8BrFO/c1-5-7(10)3-2-6(4-11)8(5)9/h2-3,11H,4H2,1H3. The van der Waals surface area contributed by atoms with E-state index in [-0.39, 0.29) is 12.4 Å². The van der Waals surface area contributed by atoms with Crippen LogP contribution in [-0.2, 0) is 6.61 Å². The highest BCUT2D eigenvalue weighted by Gasteiger charge is 2.05. The Labute approximate surface area is 73.0 Å². The Kier molecular flexibility index (Phi) is 2.62. The van der Waals surface area contributed by atoms with Crippen molar-refractivity contribution >= 4 is 15.9 Å². The lowest BCUT2D eigenvalue weighted by Gasteiger charge is -2.04. The first-order chi connectivity index (χ1) is 5.16. The average molecular weight is 219 g/mol. The molecule has 3 heteroatoms. The lowest BCUT2D eigenvalue weighted by atomic mass is 10.1. The molecule has 1 nitrogen and oxygen atoms in total. The van der Waals surface area contributed by atoms with E-state index in [9.17, 15) is 4.39 Å². The second-order valence-electron chi connectivity index (χ2n) is 2.30. The van der Waals surface area contributed by atoms with Gasteiger partial charge in [0.15, 0.2) is 0 Å². The Morgan fingerprint density at radius 3 is 2.73 bits per heavy atom. The number of rotatable bonds is 1. The fourth-order valence-corrected chi connectivity index (χ4v) is 1.29. The van der Waals surface area contributed by atoms with Gasteiger partial charge < -0.3 is 5.11 Å². The van der Waals surface area contributed by atoms with Crippen molar-refractivity contribution in [2.24, 2.45) is 0 Å². The first-order valence-corrected chi connectivity index (χ1v) is 4.00. The molecule has 0 atom stereocenters. The molecule has 1 N–H and O–H groups in total. The van der Waals surface area contributed by atoms with Crippen molar-refractivity contribution in [1.29, 1.82) is 0 Å². The Hall–Kier alpha value is -0.410. The second-order valence-corrected chi connectivity index (χ2v) is 3.10. The molecule has 0 heterocycles. The summed E-state index contributed by atoms with van der Waals surface area (Å²) >= 11 is 3.19. The summed E-state index contributed by atoms with van der Waals surface area (Å²) in [6.07, 6.45) is 0. The number of benzene rings is 1. The highest BCUT2D eigenvalue weighted by molar-refractivity contribution is 9.10. The normalized spacial score (nSPS) is 10.2. The summed E-state index contributed by atoms with van der Waals surface area (Å²) in [6.45, 7) is 1.60. The zero-order valence-electron chi connectivity index (χ0n) is 6.06. The van der Waals surface area contributed by atoms with Gasteiger partial charge in [0.1, 0.15) is 5.82 Å². The molecule has 0 bridgehead atoms. The van der Waals surface area contributed by atoms with Crippen LogP contribution in [0.1, 0.15) is 11.1 Å². The van der Waals surface area contributed by atoms with Crippen LogP contribution in [0.5, 0.6) is 0 Å². The topological polar surface area (TPSA) is 20.2 Å². The van der Waals surface area contributed by atoms with Crippen molar-refractivity contribution < 1.29 is 9.50 Å². The SMILES string of the molecule is Cc1c(F)ccc(CO)c1Br. The van der Waals surface area contributed by atoms with Crippen LogP contribution in [0.25, 0.3) is 0 Å². The third-order valence-electron chi connectivity index (χ3n) is 1.57. The molecule has 0 saturated carbocycles. The summed E-state index contributed by atoms with van der Waals surface area (Å²) in [5, 5.41) is 8.78. The van der Waals surface area contributed by atoms with E-state index in [1.165, 1.54) is 6.07 Å². The molecule has 0 aromatic heterocycles. The highest BCUT2D eigenvalue weighted by Crippen LogP contribution is 2.23. The lowest BCUT2D eigenvalue weighted by Crippen LogP contribution is -1.91. The largest absolute Gasteiger partial charge is 0.392 e. The molecule has 0 aliphatic carbocycles. The highest BCUT2D eigenvalue weighted by atomic mass is 79.9. The van der Waals surface area contributed by atoms with E-state index in [4.69, 9.17) is 5.11 Å². The zero-order chi connectivity index (χ0) is 8.43. The summed E-state index contributed by atoms with van der Waals surface area (Å²) in [5.41, 5.74) is 1.25. The van der Waals surface area contributed by atoms with Crippen LogP contribution in [0.3, 0.4) is 0 Å². The van der Waals surface area contributed by atoms with Crippen molar-refractivity contribution in [2.45, 2.75) is 13.5 Å². The Balaban J connectivity index is 3.25. The van der Waals surface area contributed by atoms with Gasteiger partial charge in [0, 0.05) is 4.47 Å². The summed E-state index contributed by atoms with van der Waals surface area (Å²) < 4.78 is 13.4. The van der Waals surface area contributed by atoms with Crippen molar-refractivity contribution in [3.8, 4) is 0 Å². The molecule has 1 aromatic carbocycles. The monoisotopic (exact) mass is 218 g/mol. The average Bonchev–Trinajstić information content (AvgIpc) is 2.01. The molecular weight excluding hydrogens is 211 g/mol. The van der Waals surface area contributed by atoms with Gasteiger partial charge in [-0.3, -0.25) is 0 Å². The first kappa shape index (κ1) is 8.68. The maximum Gasteiger partial charge on any atom is 0.127 e. The van der Waals surface area contributed by atoms with E-state index in [0.29, 0.717) is 15.6 Å². The van der Waals surface area contributed by atoms with E-state index >= 15 is 0 Å². The third-order valence-corrected chi connectivity index (χ3v) is 2.67. The molecule has 1 aromatic rings. The lowest BCUT2D eigenvalue weighted by molar-refractivity contribution is 0.281. The molecule has 0 aliphatic heterocycles.